The Kier molecular flexibility index (Phi) is 6.49. The first kappa shape index (κ1) is 21.3. The molecule has 3 heterocycles. The monoisotopic (exact) mass is 420 g/mol. The van der Waals surface area contributed by atoms with Gasteiger partial charge in [-0.25, -0.2) is 14.6 Å². The smallest absolute Gasteiger partial charge is 0.239 e. The van der Waals surface area contributed by atoms with E-state index >= 15 is 0 Å². The molecule has 1 fully saturated rings. The largest absolute Gasteiger partial charge is 0.350 e. The van der Waals surface area contributed by atoms with Crippen LogP contribution in [0.5, 0.6) is 0 Å². The lowest BCUT2D eigenvalue weighted by molar-refractivity contribution is -0.121. The van der Waals surface area contributed by atoms with E-state index < -0.39 is 0 Å². The minimum absolute atomic E-state index is 0.0303. The molecule has 0 bridgehead atoms. The summed E-state index contributed by atoms with van der Waals surface area (Å²) >= 11 is 0. The number of aryl methyl sites for hydroxylation is 1. The van der Waals surface area contributed by atoms with Crippen molar-refractivity contribution in [3.63, 3.8) is 0 Å². The number of rotatable bonds is 8. The minimum Gasteiger partial charge on any atom is -0.350 e. The predicted octanol–water partition coefficient (Wildman–Crippen LogP) is 3.37. The topological polar surface area (TPSA) is 75.9 Å². The molecule has 3 aromatic rings. The summed E-state index contributed by atoms with van der Waals surface area (Å²) in [5.74, 6) is 1.33. The third kappa shape index (κ3) is 4.86. The zero-order chi connectivity index (χ0) is 21.8. The number of carbonyl (C=O) groups is 1. The second-order valence-corrected chi connectivity index (χ2v) is 8.85. The number of fused-ring (bicyclic) bond motifs is 1. The molecule has 0 aliphatic carbocycles. The van der Waals surface area contributed by atoms with Crippen LogP contribution in [0.4, 0.5) is 5.82 Å². The van der Waals surface area contributed by atoms with Crippen LogP contribution in [0.15, 0.2) is 36.7 Å². The first-order valence-electron chi connectivity index (χ1n) is 11.3. The van der Waals surface area contributed by atoms with E-state index in [2.05, 4.69) is 53.1 Å². The summed E-state index contributed by atoms with van der Waals surface area (Å²) in [4.78, 5) is 23.9. The molecule has 1 N–H and O–H groups in total. The van der Waals surface area contributed by atoms with Crippen LogP contribution in [-0.2, 0) is 24.2 Å². The fourth-order valence-corrected chi connectivity index (χ4v) is 4.30. The van der Waals surface area contributed by atoms with Gasteiger partial charge < -0.3 is 10.2 Å². The Morgan fingerprint density at radius 2 is 2.00 bits per heavy atom. The molecule has 1 aliphatic rings. The van der Waals surface area contributed by atoms with E-state index in [9.17, 15) is 4.79 Å². The summed E-state index contributed by atoms with van der Waals surface area (Å²) in [5, 5.41) is 9.06. The molecule has 1 aliphatic heterocycles. The second-order valence-electron chi connectivity index (χ2n) is 8.85. The SMILES string of the molecule is CCCCn1nc(CC(C)C)c2c(N3CC(=O)N[C@@H](Cc4ccccc4)C3)ncnc21. The van der Waals surface area contributed by atoms with Gasteiger partial charge in [0, 0.05) is 13.1 Å². The van der Waals surface area contributed by atoms with Crippen LogP contribution >= 0.6 is 0 Å². The van der Waals surface area contributed by atoms with Gasteiger partial charge in [-0.1, -0.05) is 57.5 Å². The van der Waals surface area contributed by atoms with Gasteiger partial charge in [0.25, 0.3) is 0 Å². The number of hydrogen-bond donors (Lipinski definition) is 1. The minimum atomic E-state index is 0.0303. The maximum Gasteiger partial charge on any atom is 0.239 e. The zero-order valence-electron chi connectivity index (χ0n) is 18.7. The van der Waals surface area contributed by atoms with Crippen LogP contribution in [0.1, 0.15) is 44.9 Å². The van der Waals surface area contributed by atoms with Crippen molar-refractivity contribution in [2.75, 3.05) is 18.0 Å². The number of hydrogen-bond acceptors (Lipinski definition) is 5. The predicted molar refractivity (Wildman–Crippen MR) is 123 cm³/mol. The summed E-state index contributed by atoms with van der Waals surface area (Å²) in [6.07, 6.45) is 5.43. The average Bonchev–Trinajstić information content (AvgIpc) is 3.09. The molecule has 0 unspecified atom stereocenters. The van der Waals surface area contributed by atoms with Crippen molar-refractivity contribution >= 4 is 22.8 Å². The molecule has 1 amide bonds. The van der Waals surface area contributed by atoms with Crippen LogP contribution in [0.2, 0.25) is 0 Å². The molecular weight excluding hydrogens is 388 g/mol. The standard InChI is InChI=1S/C24H32N6O/c1-4-5-11-30-24-22(20(28-30)12-17(2)3)23(25-16-26-24)29-14-19(27-21(31)15-29)13-18-9-7-6-8-10-18/h6-10,16-17,19H,4-5,11-15H2,1-3H3,(H,27,31)/t19-/m0/s1. The lowest BCUT2D eigenvalue weighted by atomic mass is 10.0. The molecule has 2 aromatic heterocycles. The number of amides is 1. The Bertz CT molecular complexity index is 1030. The van der Waals surface area contributed by atoms with Crippen molar-refractivity contribution < 1.29 is 4.79 Å². The summed E-state index contributed by atoms with van der Waals surface area (Å²) in [6, 6.07) is 10.3. The molecule has 1 saturated heterocycles. The Hall–Kier alpha value is -2.96. The molecule has 1 aromatic carbocycles. The highest BCUT2D eigenvalue weighted by molar-refractivity contribution is 5.92. The summed E-state index contributed by atoms with van der Waals surface area (Å²) in [6.45, 7) is 8.45. The molecule has 0 spiro atoms. The molecule has 31 heavy (non-hydrogen) atoms. The summed E-state index contributed by atoms with van der Waals surface area (Å²) in [5.41, 5.74) is 3.12. The fourth-order valence-electron chi connectivity index (χ4n) is 4.30. The van der Waals surface area contributed by atoms with Gasteiger partial charge in [-0.2, -0.15) is 5.10 Å². The quantitative estimate of drug-likeness (QED) is 0.605. The number of nitrogens with zero attached hydrogens (tertiary/aromatic N) is 5. The van der Waals surface area contributed by atoms with Crippen LogP contribution < -0.4 is 10.2 Å². The number of anilines is 1. The van der Waals surface area contributed by atoms with E-state index in [-0.39, 0.29) is 11.9 Å². The molecule has 0 saturated carbocycles. The van der Waals surface area contributed by atoms with Crippen molar-refractivity contribution in [3.05, 3.63) is 47.9 Å². The molecule has 164 valence electrons. The van der Waals surface area contributed by atoms with Crippen molar-refractivity contribution in [2.24, 2.45) is 5.92 Å². The van der Waals surface area contributed by atoms with E-state index in [1.165, 1.54) is 5.56 Å². The summed E-state index contributed by atoms with van der Waals surface area (Å²) in [7, 11) is 0. The highest BCUT2D eigenvalue weighted by Crippen LogP contribution is 2.29. The Morgan fingerprint density at radius 3 is 2.74 bits per heavy atom. The average molecular weight is 421 g/mol. The maximum atomic E-state index is 12.6. The van der Waals surface area contributed by atoms with Crippen molar-refractivity contribution in [1.29, 1.82) is 0 Å². The fraction of sp³-hybridized carbons (Fsp3) is 0.500. The van der Waals surface area contributed by atoms with Gasteiger partial charge >= 0.3 is 0 Å². The number of aromatic nitrogens is 4. The molecule has 1 atom stereocenters. The molecule has 7 heteroatoms. The van der Waals surface area contributed by atoms with Crippen molar-refractivity contribution in [2.45, 2.75) is 59.0 Å². The number of piperazine rings is 1. The Balaban J connectivity index is 1.68. The maximum absolute atomic E-state index is 12.6. The van der Waals surface area contributed by atoms with Crippen LogP contribution in [0.3, 0.4) is 0 Å². The number of carbonyl (C=O) groups excluding carboxylic acids is 1. The zero-order valence-corrected chi connectivity index (χ0v) is 18.7. The number of benzene rings is 1. The van der Waals surface area contributed by atoms with Gasteiger partial charge in [-0.05, 0) is 30.7 Å². The Morgan fingerprint density at radius 1 is 1.19 bits per heavy atom. The van der Waals surface area contributed by atoms with E-state index in [1.807, 2.05) is 22.9 Å². The van der Waals surface area contributed by atoms with Crippen LogP contribution in [0, 0.1) is 5.92 Å². The van der Waals surface area contributed by atoms with Crippen LogP contribution in [0.25, 0.3) is 11.0 Å². The summed E-state index contributed by atoms with van der Waals surface area (Å²) < 4.78 is 2.02. The van der Waals surface area contributed by atoms with Gasteiger partial charge in [0.05, 0.1) is 23.7 Å². The lowest BCUT2D eigenvalue weighted by Crippen LogP contribution is -2.55. The van der Waals surface area contributed by atoms with E-state index in [4.69, 9.17) is 5.10 Å². The first-order chi connectivity index (χ1) is 15.0. The highest BCUT2D eigenvalue weighted by Gasteiger charge is 2.29. The molecule has 0 radical (unpaired) electrons. The third-order valence-electron chi connectivity index (χ3n) is 5.67. The number of unbranched alkanes of at least 4 members (excludes halogenated alkanes) is 1. The van der Waals surface area contributed by atoms with E-state index in [1.54, 1.807) is 6.33 Å². The van der Waals surface area contributed by atoms with Crippen molar-refractivity contribution in [3.8, 4) is 0 Å². The lowest BCUT2D eigenvalue weighted by Gasteiger charge is -2.34. The third-order valence-corrected chi connectivity index (χ3v) is 5.67. The molecule has 4 rings (SSSR count). The van der Waals surface area contributed by atoms with Crippen molar-refractivity contribution in [1.82, 2.24) is 25.1 Å². The highest BCUT2D eigenvalue weighted by atomic mass is 16.2. The normalized spacial score (nSPS) is 16.8. The molecule has 7 nitrogen and oxygen atoms in total. The van der Waals surface area contributed by atoms with Gasteiger partial charge in [-0.3, -0.25) is 4.79 Å². The van der Waals surface area contributed by atoms with Gasteiger partial charge in [0.2, 0.25) is 5.91 Å². The van der Waals surface area contributed by atoms with Crippen LogP contribution in [-0.4, -0.2) is 44.8 Å². The molecular formula is C24H32N6O. The number of nitrogens with one attached hydrogen (secondary N) is 1. The van der Waals surface area contributed by atoms with Gasteiger partial charge in [-0.15, -0.1) is 0 Å². The van der Waals surface area contributed by atoms with Gasteiger partial charge in [0.1, 0.15) is 12.1 Å². The van der Waals surface area contributed by atoms with Gasteiger partial charge in [0.15, 0.2) is 5.65 Å². The Labute approximate surface area is 183 Å². The van der Waals surface area contributed by atoms with E-state index in [0.29, 0.717) is 19.0 Å². The first-order valence-corrected chi connectivity index (χ1v) is 11.3. The van der Waals surface area contributed by atoms with E-state index in [0.717, 1.165) is 54.8 Å². The second kappa shape index (κ2) is 9.45.